The van der Waals surface area contributed by atoms with Crippen molar-refractivity contribution in [1.29, 1.82) is 0 Å². The van der Waals surface area contributed by atoms with Crippen LogP contribution >= 0.6 is 0 Å². The van der Waals surface area contributed by atoms with Crippen LogP contribution in [0.4, 0.5) is 4.39 Å². The number of halogens is 1. The van der Waals surface area contributed by atoms with Crippen LogP contribution < -0.4 is 0 Å². The molecule has 0 aromatic heterocycles. The van der Waals surface area contributed by atoms with Gasteiger partial charge in [-0.2, -0.15) is 0 Å². The van der Waals surface area contributed by atoms with E-state index in [1.165, 1.54) is 0 Å². The van der Waals surface area contributed by atoms with Gasteiger partial charge in [-0.15, -0.1) is 0 Å². The fourth-order valence-electron chi connectivity index (χ4n) is 1.66. The molecule has 0 saturated carbocycles. The highest BCUT2D eigenvalue weighted by molar-refractivity contribution is 6.21. The number of hydrogen-bond acceptors (Lipinski definition) is 2. The lowest BCUT2D eigenvalue weighted by Crippen LogP contribution is -2.30. The van der Waals surface area contributed by atoms with Gasteiger partial charge in [0.15, 0.2) is 0 Å². The third-order valence-corrected chi connectivity index (χ3v) is 2.39. The smallest absolute Gasteiger partial charge is 0.261 e. The van der Waals surface area contributed by atoms with Crippen LogP contribution in [-0.4, -0.2) is 29.9 Å². The highest BCUT2D eigenvalue weighted by Gasteiger charge is 2.34. The Morgan fingerprint density at radius 2 is 1.60 bits per heavy atom. The summed E-state index contributed by atoms with van der Waals surface area (Å²) in [6, 6.07) is 6.65. The fourth-order valence-corrected chi connectivity index (χ4v) is 1.66. The number of fused-ring (bicyclic) bond motifs is 1. The Bertz CT molecular complexity index is 382. The molecule has 1 heterocycles. The zero-order valence-corrected chi connectivity index (χ0v) is 8.07. The second-order valence-corrected chi connectivity index (χ2v) is 3.35. The van der Waals surface area contributed by atoms with Crippen molar-refractivity contribution >= 4 is 11.8 Å². The van der Waals surface area contributed by atoms with Crippen molar-refractivity contribution in [2.45, 2.75) is 6.42 Å². The molecule has 15 heavy (non-hydrogen) atoms. The number of amides is 2. The van der Waals surface area contributed by atoms with Crippen molar-refractivity contribution in [3.63, 3.8) is 0 Å². The zero-order valence-electron chi connectivity index (χ0n) is 8.07. The largest absolute Gasteiger partial charge is 0.274 e. The maximum Gasteiger partial charge on any atom is 0.261 e. The standard InChI is InChI=1S/C11H10FNO2/c12-6-3-7-13-10(14)8-4-1-2-5-9(8)11(13)15/h1-2,4-5H,3,6-7H2. The number of imide groups is 1. The van der Waals surface area contributed by atoms with Crippen LogP contribution in [0.1, 0.15) is 27.1 Å². The van der Waals surface area contributed by atoms with Gasteiger partial charge in [0.25, 0.3) is 11.8 Å². The van der Waals surface area contributed by atoms with Crippen LogP contribution in [0.3, 0.4) is 0 Å². The van der Waals surface area contributed by atoms with E-state index < -0.39 is 6.67 Å². The molecule has 0 radical (unpaired) electrons. The Morgan fingerprint density at radius 3 is 2.07 bits per heavy atom. The summed E-state index contributed by atoms with van der Waals surface area (Å²) in [5, 5.41) is 0. The third kappa shape index (κ3) is 1.52. The second-order valence-electron chi connectivity index (χ2n) is 3.35. The number of benzene rings is 1. The lowest BCUT2D eigenvalue weighted by molar-refractivity contribution is 0.0650. The summed E-state index contributed by atoms with van der Waals surface area (Å²) in [4.78, 5) is 24.5. The van der Waals surface area contributed by atoms with Crippen LogP contribution in [0.5, 0.6) is 0 Å². The molecular formula is C11H10FNO2. The van der Waals surface area contributed by atoms with Gasteiger partial charge in [-0.3, -0.25) is 18.9 Å². The minimum Gasteiger partial charge on any atom is -0.274 e. The molecule has 0 spiro atoms. The second kappa shape index (κ2) is 3.81. The Hall–Kier alpha value is -1.71. The van der Waals surface area contributed by atoms with Gasteiger partial charge in [-0.25, -0.2) is 0 Å². The molecule has 0 saturated heterocycles. The molecule has 2 amide bonds. The van der Waals surface area contributed by atoms with Crippen molar-refractivity contribution in [2.75, 3.05) is 13.2 Å². The third-order valence-electron chi connectivity index (χ3n) is 2.39. The van der Waals surface area contributed by atoms with E-state index in [-0.39, 0.29) is 24.8 Å². The first-order valence-electron chi connectivity index (χ1n) is 4.77. The van der Waals surface area contributed by atoms with Gasteiger partial charge >= 0.3 is 0 Å². The summed E-state index contributed by atoms with van der Waals surface area (Å²) in [6.45, 7) is -0.365. The first kappa shape index (κ1) is 9.83. The van der Waals surface area contributed by atoms with E-state index in [1.807, 2.05) is 0 Å². The van der Waals surface area contributed by atoms with Crippen molar-refractivity contribution in [1.82, 2.24) is 4.90 Å². The maximum absolute atomic E-state index is 12.0. The summed E-state index contributed by atoms with van der Waals surface area (Å²) in [7, 11) is 0. The monoisotopic (exact) mass is 207 g/mol. The van der Waals surface area contributed by atoms with Gasteiger partial charge < -0.3 is 0 Å². The van der Waals surface area contributed by atoms with Gasteiger partial charge in [0.2, 0.25) is 0 Å². The van der Waals surface area contributed by atoms with E-state index in [4.69, 9.17) is 0 Å². The molecule has 0 atom stereocenters. The average molecular weight is 207 g/mol. The molecule has 3 nitrogen and oxygen atoms in total. The molecule has 0 N–H and O–H groups in total. The molecular weight excluding hydrogens is 197 g/mol. The minimum absolute atomic E-state index is 0.156. The Labute approximate surface area is 86.5 Å². The van der Waals surface area contributed by atoms with Crippen LogP contribution in [-0.2, 0) is 0 Å². The van der Waals surface area contributed by atoms with E-state index in [0.29, 0.717) is 11.1 Å². The van der Waals surface area contributed by atoms with Gasteiger partial charge in [0.1, 0.15) is 0 Å². The zero-order chi connectivity index (χ0) is 10.8. The molecule has 1 aliphatic rings. The first-order valence-corrected chi connectivity index (χ1v) is 4.77. The van der Waals surface area contributed by atoms with Gasteiger partial charge in [0, 0.05) is 6.54 Å². The van der Waals surface area contributed by atoms with Crippen LogP contribution in [0, 0.1) is 0 Å². The maximum atomic E-state index is 12.0. The molecule has 1 aliphatic heterocycles. The highest BCUT2D eigenvalue weighted by atomic mass is 19.1. The molecule has 4 heteroatoms. The molecule has 1 aromatic carbocycles. The first-order chi connectivity index (χ1) is 7.25. The summed E-state index contributed by atoms with van der Waals surface area (Å²) >= 11 is 0. The lowest BCUT2D eigenvalue weighted by Gasteiger charge is -2.11. The molecule has 0 unspecified atom stereocenters. The number of carbonyl (C=O) groups excluding carboxylic acids is 2. The Balaban J connectivity index is 2.29. The van der Waals surface area contributed by atoms with E-state index in [2.05, 4.69) is 0 Å². The average Bonchev–Trinajstić information content (AvgIpc) is 2.51. The van der Waals surface area contributed by atoms with Crippen LogP contribution in [0.15, 0.2) is 24.3 Å². The number of nitrogens with zero attached hydrogens (tertiary/aromatic N) is 1. The Morgan fingerprint density at radius 1 is 1.07 bits per heavy atom. The van der Waals surface area contributed by atoms with Gasteiger partial charge in [-0.1, -0.05) is 12.1 Å². The normalized spacial score (nSPS) is 14.6. The minimum atomic E-state index is -0.520. The van der Waals surface area contributed by atoms with Crippen molar-refractivity contribution in [3.05, 3.63) is 35.4 Å². The van der Waals surface area contributed by atoms with Gasteiger partial charge in [-0.05, 0) is 18.6 Å². The van der Waals surface area contributed by atoms with E-state index >= 15 is 0 Å². The van der Waals surface area contributed by atoms with E-state index in [1.54, 1.807) is 24.3 Å². The molecule has 78 valence electrons. The van der Waals surface area contributed by atoms with Gasteiger partial charge in [0.05, 0.1) is 17.8 Å². The molecule has 2 rings (SSSR count). The van der Waals surface area contributed by atoms with Crippen molar-refractivity contribution < 1.29 is 14.0 Å². The summed E-state index contributed by atoms with van der Waals surface area (Å²) in [6.07, 6.45) is 0.200. The topological polar surface area (TPSA) is 37.4 Å². The number of rotatable bonds is 3. The molecule has 0 aliphatic carbocycles. The number of hydrogen-bond donors (Lipinski definition) is 0. The van der Waals surface area contributed by atoms with Crippen LogP contribution in [0.25, 0.3) is 0 Å². The SMILES string of the molecule is O=C1c2ccccc2C(=O)N1CCCF. The van der Waals surface area contributed by atoms with Crippen molar-refractivity contribution in [2.24, 2.45) is 0 Å². The summed E-state index contributed by atoms with van der Waals surface area (Å²) in [5.74, 6) is -0.631. The highest BCUT2D eigenvalue weighted by Crippen LogP contribution is 2.22. The van der Waals surface area contributed by atoms with Crippen molar-refractivity contribution in [3.8, 4) is 0 Å². The summed E-state index contributed by atoms with van der Waals surface area (Å²) in [5.41, 5.74) is 0.836. The lowest BCUT2D eigenvalue weighted by atomic mass is 10.1. The predicted octanol–water partition coefficient (Wildman–Crippen LogP) is 1.64. The predicted molar refractivity (Wildman–Crippen MR) is 52.4 cm³/mol. The molecule has 0 fully saturated rings. The summed E-state index contributed by atoms with van der Waals surface area (Å²) < 4.78 is 12.0. The number of carbonyl (C=O) groups is 2. The molecule has 0 bridgehead atoms. The quantitative estimate of drug-likeness (QED) is 0.706. The number of alkyl halides is 1. The van der Waals surface area contributed by atoms with Crippen LogP contribution in [0.2, 0.25) is 0 Å². The Kier molecular flexibility index (Phi) is 2.49. The fraction of sp³-hybridized carbons (Fsp3) is 0.273. The molecule has 1 aromatic rings. The van der Waals surface area contributed by atoms with E-state index in [0.717, 1.165) is 4.90 Å². The van der Waals surface area contributed by atoms with E-state index in [9.17, 15) is 14.0 Å².